The third-order valence-electron chi connectivity index (χ3n) is 5.88. The number of hydrogen-bond acceptors (Lipinski definition) is 3. The Labute approximate surface area is 209 Å². The van der Waals surface area contributed by atoms with Crippen molar-refractivity contribution in [3.05, 3.63) is 132 Å². The first-order chi connectivity index (χ1) is 16.5. The molecule has 0 aliphatic carbocycles. The van der Waals surface area contributed by atoms with E-state index in [0.29, 0.717) is 11.3 Å². The Morgan fingerprint density at radius 1 is 0.735 bits per heavy atom. The molecule has 0 bridgehead atoms. The van der Waals surface area contributed by atoms with Crippen LogP contribution in [0.15, 0.2) is 127 Å². The van der Waals surface area contributed by atoms with Crippen LogP contribution < -0.4 is 21.2 Å². The summed E-state index contributed by atoms with van der Waals surface area (Å²) in [6, 6.07) is 39.0. The molecule has 3 nitrogen and oxygen atoms in total. The zero-order valence-corrected chi connectivity index (χ0v) is 21.7. The molecule has 0 fully saturated rings. The van der Waals surface area contributed by atoms with Crippen molar-refractivity contribution in [2.45, 2.75) is 6.92 Å². The van der Waals surface area contributed by atoms with Crippen LogP contribution in [0.2, 0.25) is 0 Å². The molecule has 34 heavy (non-hydrogen) atoms. The van der Waals surface area contributed by atoms with Crippen molar-refractivity contribution < 1.29 is 9.53 Å². The Morgan fingerprint density at radius 3 is 1.59 bits per heavy atom. The van der Waals surface area contributed by atoms with E-state index in [0.717, 1.165) is 5.70 Å². The van der Waals surface area contributed by atoms with E-state index in [2.05, 4.69) is 99.4 Å². The predicted octanol–water partition coefficient (Wildman–Crippen LogP) is 6.59. The monoisotopic (exact) mass is 531 g/mol. The molecule has 0 spiro atoms. The second-order valence-corrected chi connectivity index (χ2v) is 16.4. The van der Waals surface area contributed by atoms with E-state index in [1.54, 1.807) is 6.07 Å². The van der Waals surface area contributed by atoms with Crippen molar-refractivity contribution in [2.75, 3.05) is 12.4 Å². The van der Waals surface area contributed by atoms with Gasteiger partial charge in [-0.15, -0.1) is 0 Å². The third kappa shape index (κ3) is 4.32. The SMILES string of the molecule is COC(=O)c1ccccc1N/C(C)=C/P(Br)(c1ccccc1)(c1ccccc1)c1ccccc1. The van der Waals surface area contributed by atoms with E-state index < -0.39 is 5.31 Å². The number of para-hydroxylation sites is 1. The molecule has 0 radical (unpaired) electrons. The van der Waals surface area contributed by atoms with Gasteiger partial charge in [0.25, 0.3) is 0 Å². The molecule has 4 rings (SSSR count). The molecule has 5 heteroatoms. The Morgan fingerprint density at radius 2 is 1.15 bits per heavy atom. The Bertz CT molecular complexity index is 1210. The molecule has 0 unspecified atom stereocenters. The molecule has 0 atom stereocenters. The number of benzene rings is 4. The fourth-order valence-corrected chi connectivity index (χ4v) is 11.8. The van der Waals surface area contributed by atoms with Gasteiger partial charge < -0.3 is 0 Å². The predicted molar refractivity (Wildman–Crippen MR) is 149 cm³/mol. The van der Waals surface area contributed by atoms with Gasteiger partial charge in [0.2, 0.25) is 0 Å². The first-order valence-corrected chi connectivity index (χ1v) is 15.3. The molecule has 0 aromatic heterocycles. The Hall–Kier alpha value is -3.20. The summed E-state index contributed by atoms with van der Waals surface area (Å²) in [4.78, 5) is 12.3. The fourth-order valence-electron chi connectivity index (χ4n) is 4.32. The zero-order valence-electron chi connectivity index (χ0n) is 19.2. The van der Waals surface area contributed by atoms with Crippen molar-refractivity contribution >= 4 is 48.4 Å². The number of rotatable bonds is 7. The molecule has 0 aliphatic heterocycles. The molecule has 4 aromatic rings. The number of methoxy groups -OCH3 is 1. The first kappa shape index (κ1) is 23.9. The number of carbonyl (C=O) groups is 1. The summed E-state index contributed by atoms with van der Waals surface area (Å²) in [5.74, 6) is 1.93. The Kier molecular flexibility index (Phi) is 7.02. The van der Waals surface area contributed by atoms with Crippen LogP contribution in [0.3, 0.4) is 0 Å². The van der Waals surface area contributed by atoms with Crippen LogP contribution in [0.4, 0.5) is 5.69 Å². The van der Waals surface area contributed by atoms with Gasteiger partial charge in [0, 0.05) is 0 Å². The molecule has 0 saturated heterocycles. The first-order valence-electron chi connectivity index (χ1n) is 11.0. The summed E-state index contributed by atoms with van der Waals surface area (Å²) >= 11 is 4.42. The van der Waals surface area contributed by atoms with E-state index in [-0.39, 0.29) is 5.97 Å². The van der Waals surface area contributed by atoms with Gasteiger partial charge in [0.05, 0.1) is 0 Å². The normalized spacial score (nSPS) is 12.9. The summed E-state index contributed by atoms with van der Waals surface area (Å²) in [7, 11) is 1.40. The van der Waals surface area contributed by atoms with Gasteiger partial charge in [0.15, 0.2) is 0 Å². The van der Waals surface area contributed by atoms with Gasteiger partial charge in [-0.3, -0.25) is 0 Å². The van der Waals surface area contributed by atoms with Crippen molar-refractivity contribution in [3.63, 3.8) is 0 Å². The Balaban J connectivity index is 1.98. The number of hydrogen-bond donors (Lipinski definition) is 1. The van der Waals surface area contributed by atoms with E-state index >= 15 is 0 Å². The summed E-state index contributed by atoms with van der Waals surface area (Å²) < 4.78 is 4.99. The van der Waals surface area contributed by atoms with Crippen molar-refractivity contribution in [2.24, 2.45) is 0 Å². The van der Waals surface area contributed by atoms with Gasteiger partial charge in [-0.2, -0.15) is 0 Å². The summed E-state index contributed by atoms with van der Waals surface area (Å²) in [6.07, 6.45) is 0. The summed E-state index contributed by atoms with van der Waals surface area (Å²) in [5.41, 5.74) is 2.11. The van der Waals surface area contributed by atoms with Gasteiger partial charge in [0.1, 0.15) is 0 Å². The van der Waals surface area contributed by atoms with Crippen LogP contribution in [-0.2, 0) is 4.74 Å². The topological polar surface area (TPSA) is 38.3 Å². The van der Waals surface area contributed by atoms with E-state index in [1.807, 2.05) is 43.3 Å². The van der Waals surface area contributed by atoms with Crippen molar-refractivity contribution in [3.8, 4) is 0 Å². The number of esters is 1. The molecule has 4 aromatic carbocycles. The van der Waals surface area contributed by atoms with Gasteiger partial charge >= 0.3 is 210 Å². The number of allylic oxidation sites excluding steroid dienone is 1. The summed E-state index contributed by atoms with van der Waals surface area (Å²) in [5, 5.41) is 3.80. The van der Waals surface area contributed by atoms with Gasteiger partial charge in [-0.1, -0.05) is 0 Å². The van der Waals surface area contributed by atoms with Gasteiger partial charge in [-0.25, -0.2) is 0 Å². The quantitative estimate of drug-likeness (QED) is 0.216. The maximum atomic E-state index is 12.3. The van der Waals surface area contributed by atoms with Crippen LogP contribution in [0.1, 0.15) is 17.3 Å². The zero-order chi connectivity index (χ0) is 24.0. The van der Waals surface area contributed by atoms with Crippen LogP contribution in [0.25, 0.3) is 0 Å². The van der Waals surface area contributed by atoms with Gasteiger partial charge in [-0.05, 0) is 0 Å². The number of ether oxygens (including phenoxy) is 1. The molecule has 0 saturated carbocycles. The second kappa shape index (κ2) is 9.97. The maximum absolute atomic E-state index is 12.3. The molecular formula is C29H27BrNO2P. The molecule has 1 N–H and O–H groups in total. The van der Waals surface area contributed by atoms with Crippen molar-refractivity contribution in [1.82, 2.24) is 0 Å². The number of carbonyl (C=O) groups excluding carboxylic acids is 1. The van der Waals surface area contributed by atoms with E-state index in [9.17, 15) is 4.79 Å². The van der Waals surface area contributed by atoms with E-state index in [1.165, 1.54) is 23.0 Å². The minimum atomic E-state index is -3.24. The van der Waals surface area contributed by atoms with Crippen LogP contribution in [0.5, 0.6) is 0 Å². The summed E-state index contributed by atoms with van der Waals surface area (Å²) in [6.45, 7) is 2.03. The standard InChI is InChI=1S/C29H27BrNO2P/c1-23(31-28-21-13-12-20-27(28)29(32)33-2)22-34(30,24-14-6-3-7-15-24,25-16-8-4-9-17-25)26-18-10-5-11-19-26/h3-22,31H,1-2H3/b23-22+. The van der Waals surface area contributed by atoms with Crippen LogP contribution >= 0.6 is 20.8 Å². The number of halogens is 1. The average molecular weight is 532 g/mol. The van der Waals surface area contributed by atoms with Crippen LogP contribution in [-0.4, -0.2) is 13.1 Å². The number of anilines is 1. The van der Waals surface area contributed by atoms with Crippen LogP contribution in [0, 0.1) is 0 Å². The second-order valence-electron chi connectivity index (χ2n) is 8.05. The van der Waals surface area contributed by atoms with Crippen molar-refractivity contribution in [1.29, 1.82) is 0 Å². The average Bonchev–Trinajstić information content (AvgIpc) is 2.90. The minimum absolute atomic E-state index is 0.374. The molecule has 0 aliphatic rings. The molecular weight excluding hydrogens is 505 g/mol. The third-order valence-corrected chi connectivity index (χ3v) is 15.0. The molecule has 172 valence electrons. The molecule has 0 heterocycles. The number of nitrogens with one attached hydrogen (secondary N) is 1. The molecule has 0 amide bonds. The van der Waals surface area contributed by atoms with E-state index in [4.69, 9.17) is 4.74 Å². The fraction of sp³-hybridized carbons (Fsp3) is 0.0690.